The molecule has 6 heteroatoms. The second kappa shape index (κ2) is 15.2. The van der Waals surface area contributed by atoms with E-state index in [0.717, 1.165) is 24.8 Å². The fourth-order valence-electron chi connectivity index (χ4n) is 2.69. The molecule has 2 N–H and O–H groups in total. The number of hydrogen-bond donors (Lipinski definition) is 2. The SMILES string of the molecule is CCCCCCCCc1ccccc1OP(=O)(O)O.CCN(CC)CC. The molecule has 152 valence electrons. The van der Waals surface area contributed by atoms with E-state index in [9.17, 15) is 4.57 Å². The smallest absolute Gasteiger partial charge is 0.404 e. The molecule has 0 aliphatic carbocycles. The molecule has 1 aromatic rings. The van der Waals surface area contributed by atoms with Crippen molar-refractivity contribution < 1.29 is 18.9 Å². The summed E-state index contributed by atoms with van der Waals surface area (Å²) in [4.78, 5) is 20.1. The van der Waals surface area contributed by atoms with E-state index in [4.69, 9.17) is 14.3 Å². The Labute approximate surface area is 160 Å². The Morgan fingerprint density at radius 1 is 0.885 bits per heavy atom. The maximum Gasteiger partial charge on any atom is 0.524 e. The van der Waals surface area contributed by atoms with Crippen LogP contribution in [0.25, 0.3) is 0 Å². The molecule has 0 aliphatic rings. The van der Waals surface area contributed by atoms with Crippen LogP contribution in [-0.4, -0.2) is 34.3 Å². The van der Waals surface area contributed by atoms with Gasteiger partial charge in [-0.1, -0.05) is 78.0 Å². The van der Waals surface area contributed by atoms with Gasteiger partial charge in [0.2, 0.25) is 0 Å². The first-order chi connectivity index (χ1) is 12.4. The van der Waals surface area contributed by atoms with Gasteiger partial charge in [-0.05, 0) is 44.1 Å². The molecule has 0 radical (unpaired) electrons. The fraction of sp³-hybridized carbons (Fsp3) is 0.700. The molecule has 0 heterocycles. The zero-order valence-corrected chi connectivity index (χ0v) is 17.9. The Kier molecular flexibility index (Phi) is 14.7. The van der Waals surface area contributed by atoms with Crippen LogP contribution < -0.4 is 4.52 Å². The van der Waals surface area contributed by atoms with Gasteiger partial charge in [0.1, 0.15) is 5.75 Å². The number of unbranched alkanes of at least 4 members (excludes halogenated alkanes) is 5. The van der Waals surface area contributed by atoms with Gasteiger partial charge in [0.25, 0.3) is 0 Å². The van der Waals surface area contributed by atoms with Gasteiger partial charge < -0.3 is 9.42 Å². The lowest BCUT2D eigenvalue weighted by molar-refractivity contribution is 0.282. The Balaban J connectivity index is 0.000000758. The van der Waals surface area contributed by atoms with Crippen molar-refractivity contribution >= 4 is 7.82 Å². The third-order valence-corrected chi connectivity index (χ3v) is 4.77. The van der Waals surface area contributed by atoms with Crippen molar-refractivity contribution in [1.29, 1.82) is 0 Å². The lowest BCUT2D eigenvalue weighted by atomic mass is 10.0. The molecule has 0 aromatic heterocycles. The van der Waals surface area contributed by atoms with Crippen LogP contribution in [0.15, 0.2) is 24.3 Å². The lowest BCUT2D eigenvalue weighted by Gasteiger charge is -2.13. The maximum atomic E-state index is 10.9. The van der Waals surface area contributed by atoms with Gasteiger partial charge in [0, 0.05) is 0 Å². The third kappa shape index (κ3) is 13.3. The highest BCUT2D eigenvalue weighted by Gasteiger charge is 2.17. The molecule has 5 nitrogen and oxygen atoms in total. The molecular weight excluding hydrogens is 349 g/mol. The van der Waals surface area contributed by atoms with Gasteiger partial charge in [-0.3, -0.25) is 9.79 Å². The Hall–Kier alpha value is -0.870. The predicted molar refractivity (Wildman–Crippen MR) is 110 cm³/mol. The maximum absolute atomic E-state index is 10.9. The minimum Gasteiger partial charge on any atom is -0.404 e. The van der Waals surface area contributed by atoms with Crippen LogP contribution in [0.2, 0.25) is 0 Å². The van der Waals surface area contributed by atoms with Crippen molar-refractivity contribution in [2.45, 2.75) is 72.6 Å². The van der Waals surface area contributed by atoms with Gasteiger partial charge in [0.15, 0.2) is 0 Å². The van der Waals surface area contributed by atoms with E-state index >= 15 is 0 Å². The Bertz CT molecular complexity index is 495. The molecule has 0 atom stereocenters. The average Bonchev–Trinajstić information content (AvgIpc) is 2.60. The zero-order valence-electron chi connectivity index (χ0n) is 17.0. The lowest BCUT2D eigenvalue weighted by Crippen LogP contribution is -2.21. The molecule has 0 bridgehead atoms. The van der Waals surface area contributed by atoms with Crippen LogP contribution in [0.1, 0.15) is 71.8 Å². The Morgan fingerprint density at radius 3 is 1.92 bits per heavy atom. The normalized spacial score (nSPS) is 11.2. The molecule has 26 heavy (non-hydrogen) atoms. The van der Waals surface area contributed by atoms with Gasteiger partial charge in [-0.2, -0.15) is 0 Å². The van der Waals surface area contributed by atoms with E-state index < -0.39 is 7.82 Å². The van der Waals surface area contributed by atoms with E-state index in [1.807, 2.05) is 12.1 Å². The number of rotatable bonds is 12. The third-order valence-electron chi connectivity index (χ3n) is 4.33. The number of phosphoric acid groups is 1. The summed E-state index contributed by atoms with van der Waals surface area (Å²) in [5.74, 6) is 0.296. The molecule has 0 fully saturated rings. The zero-order chi connectivity index (χ0) is 19.8. The number of aryl methyl sites for hydroxylation is 1. The van der Waals surface area contributed by atoms with Crippen molar-refractivity contribution in [2.75, 3.05) is 19.6 Å². The van der Waals surface area contributed by atoms with Gasteiger partial charge in [0.05, 0.1) is 0 Å². The van der Waals surface area contributed by atoms with E-state index in [1.54, 1.807) is 12.1 Å². The molecule has 0 saturated carbocycles. The minimum atomic E-state index is -4.47. The van der Waals surface area contributed by atoms with E-state index in [1.165, 1.54) is 45.3 Å². The van der Waals surface area contributed by atoms with Crippen LogP contribution in [0.5, 0.6) is 5.75 Å². The summed E-state index contributed by atoms with van der Waals surface area (Å²) in [5.41, 5.74) is 0.862. The number of benzene rings is 1. The van der Waals surface area contributed by atoms with Crippen LogP contribution in [0.4, 0.5) is 0 Å². The second-order valence-corrected chi connectivity index (χ2v) is 7.49. The van der Waals surface area contributed by atoms with E-state index in [-0.39, 0.29) is 0 Å². The van der Waals surface area contributed by atoms with Crippen LogP contribution in [-0.2, 0) is 11.0 Å². The quantitative estimate of drug-likeness (QED) is 0.371. The first kappa shape index (κ1) is 25.1. The standard InChI is InChI=1S/C14H23O4P.C6H15N/c1-2-3-4-5-6-7-10-13-11-8-9-12-14(13)18-19(15,16)17;1-4-7(5-2)6-3/h8-9,11-12H,2-7,10H2,1H3,(H2,15,16,17);4-6H2,1-3H3. The fourth-order valence-corrected chi connectivity index (χ4v) is 3.13. The number of phosphoric ester groups is 1. The summed E-state index contributed by atoms with van der Waals surface area (Å²) in [6, 6.07) is 7.04. The molecule has 0 aliphatic heterocycles. The van der Waals surface area contributed by atoms with E-state index in [2.05, 4.69) is 32.6 Å². The average molecular weight is 388 g/mol. The highest BCUT2D eigenvalue weighted by atomic mass is 31.2. The number of para-hydroxylation sites is 1. The number of hydrogen-bond acceptors (Lipinski definition) is 3. The summed E-state index contributed by atoms with van der Waals surface area (Å²) in [5, 5.41) is 0. The van der Waals surface area contributed by atoms with Crippen LogP contribution in [0.3, 0.4) is 0 Å². The Morgan fingerprint density at radius 2 is 1.42 bits per heavy atom. The van der Waals surface area contributed by atoms with Crippen molar-refractivity contribution in [1.82, 2.24) is 4.90 Å². The van der Waals surface area contributed by atoms with Gasteiger partial charge in [-0.15, -0.1) is 0 Å². The van der Waals surface area contributed by atoms with Crippen molar-refractivity contribution in [3.05, 3.63) is 29.8 Å². The molecular formula is C20H38NO4P. The van der Waals surface area contributed by atoms with Crippen LogP contribution in [0, 0.1) is 0 Å². The molecule has 0 spiro atoms. The summed E-state index contributed by atoms with van der Waals surface area (Å²) in [7, 11) is -4.47. The summed E-state index contributed by atoms with van der Waals surface area (Å²) in [6.45, 7) is 12.3. The van der Waals surface area contributed by atoms with Crippen molar-refractivity contribution in [3.63, 3.8) is 0 Å². The van der Waals surface area contributed by atoms with Gasteiger partial charge >= 0.3 is 7.82 Å². The predicted octanol–water partition coefficient (Wildman–Crippen LogP) is 5.41. The first-order valence-electron chi connectivity index (χ1n) is 9.93. The molecule has 0 amide bonds. The highest BCUT2D eigenvalue weighted by molar-refractivity contribution is 7.46. The molecule has 1 rings (SSSR count). The van der Waals surface area contributed by atoms with Crippen LogP contribution >= 0.6 is 7.82 Å². The van der Waals surface area contributed by atoms with E-state index in [0.29, 0.717) is 5.75 Å². The molecule has 0 unspecified atom stereocenters. The molecule has 1 aromatic carbocycles. The number of nitrogens with zero attached hydrogens (tertiary/aromatic N) is 1. The topological polar surface area (TPSA) is 70.0 Å². The largest absolute Gasteiger partial charge is 0.524 e. The summed E-state index contributed by atoms with van der Waals surface area (Å²) < 4.78 is 15.6. The summed E-state index contributed by atoms with van der Waals surface area (Å²) >= 11 is 0. The second-order valence-electron chi connectivity index (χ2n) is 6.33. The molecule has 0 saturated heterocycles. The monoisotopic (exact) mass is 387 g/mol. The van der Waals surface area contributed by atoms with Gasteiger partial charge in [-0.25, -0.2) is 4.57 Å². The summed E-state index contributed by atoms with van der Waals surface area (Å²) in [6.07, 6.45) is 7.95. The highest BCUT2D eigenvalue weighted by Crippen LogP contribution is 2.39. The van der Waals surface area contributed by atoms with Crippen molar-refractivity contribution in [3.8, 4) is 5.75 Å². The van der Waals surface area contributed by atoms with Crippen molar-refractivity contribution in [2.24, 2.45) is 0 Å². The minimum absolute atomic E-state index is 0.296. The first-order valence-corrected chi connectivity index (χ1v) is 11.5.